The third-order valence-corrected chi connectivity index (χ3v) is 3.65. The highest BCUT2D eigenvalue weighted by Gasteiger charge is 2.18. The van der Waals surface area contributed by atoms with Gasteiger partial charge in [-0.1, -0.05) is 19.1 Å². The molecule has 2 rings (SSSR count). The predicted molar refractivity (Wildman–Crippen MR) is 82.1 cm³/mol. The molecule has 2 unspecified atom stereocenters. The van der Waals surface area contributed by atoms with Crippen molar-refractivity contribution in [2.75, 3.05) is 24.4 Å². The maximum Gasteiger partial charge on any atom is 0.224 e. The van der Waals surface area contributed by atoms with Crippen LogP contribution in [0.15, 0.2) is 18.2 Å². The first-order valence-corrected chi connectivity index (χ1v) is 7.27. The molecule has 1 heterocycles. The molecule has 110 valence electrons. The van der Waals surface area contributed by atoms with Crippen molar-refractivity contribution in [3.63, 3.8) is 0 Å². The van der Waals surface area contributed by atoms with Crippen molar-refractivity contribution >= 4 is 17.3 Å². The number of amides is 1. The zero-order valence-electron chi connectivity index (χ0n) is 12.5. The van der Waals surface area contributed by atoms with E-state index in [-0.39, 0.29) is 11.8 Å². The van der Waals surface area contributed by atoms with Crippen LogP contribution in [0.5, 0.6) is 0 Å². The number of para-hydroxylation sites is 1. The maximum atomic E-state index is 12.1. The fraction of sp³-hybridized carbons (Fsp3) is 0.562. The molecule has 1 aliphatic rings. The SMILES string of the molecule is COCC(C)CC(=O)Nc1cccc2c1NC(C)CC2. The molecule has 4 nitrogen and oxygen atoms in total. The van der Waals surface area contributed by atoms with E-state index in [0.717, 1.165) is 24.2 Å². The highest BCUT2D eigenvalue weighted by atomic mass is 16.5. The van der Waals surface area contributed by atoms with Crippen molar-refractivity contribution in [3.05, 3.63) is 23.8 Å². The van der Waals surface area contributed by atoms with Gasteiger partial charge in [0.1, 0.15) is 0 Å². The van der Waals surface area contributed by atoms with E-state index >= 15 is 0 Å². The van der Waals surface area contributed by atoms with Crippen molar-refractivity contribution in [3.8, 4) is 0 Å². The van der Waals surface area contributed by atoms with E-state index < -0.39 is 0 Å². The standard InChI is InChI=1S/C16H24N2O2/c1-11(10-20-3)9-15(19)18-14-6-4-5-13-8-7-12(2)17-16(13)14/h4-6,11-12,17H,7-10H2,1-3H3,(H,18,19). The summed E-state index contributed by atoms with van der Waals surface area (Å²) >= 11 is 0. The fourth-order valence-electron chi connectivity index (χ4n) is 2.63. The van der Waals surface area contributed by atoms with Gasteiger partial charge in [-0.25, -0.2) is 0 Å². The van der Waals surface area contributed by atoms with Gasteiger partial charge in [0, 0.05) is 26.2 Å². The summed E-state index contributed by atoms with van der Waals surface area (Å²) in [6, 6.07) is 6.54. The van der Waals surface area contributed by atoms with Gasteiger partial charge in [-0.15, -0.1) is 0 Å². The smallest absolute Gasteiger partial charge is 0.224 e. The van der Waals surface area contributed by atoms with Crippen LogP contribution < -0.4 is 10.6 Å². The number of aryl methyl sites for hydroxylation is 1. The third kappa shape index (κ3) is 3.73. The van der Waals surface area contributed by atoms with Crippen LogP contribution in [0.1, 0.15) is 32.3 Å². The molecular weight excluding hydrogens is 252 g/mol. The zero-order chi connectivity index (χ0) is 14.5. The average Bonchev–Trinajstić information content (AvgIpc) is 2.39. The molecular formula is C16H24N2O2. The van der Waals surface area contributed by atoms with Crippen molar-refractivity contribution in [1.82, 2.24) is 0 Å². The summed E-state index contributed by atoms with van der Waals surface area (Å²) < 4.78 is 5.07. The summed E-state index contributed by atoms with van der Waals surface area (Å²) in [5, 5.41) is 6.50. The van der Waals surface area contributed by atoms with Crippen LogP contribution in [0, 0.1) is 5.92 Å². The first-order chi connectivity index (χ1) is 9.60. The first-order valence-electron chi connectivity index (χ1n) is 7.27. The van der Waals surface area contributed by atoms with Crippen LogP contribution in [0.2, 0.25) is 0 Å². The molecule has 0 aromatic heterocycles. The number of methoxy groups -OCH3 is 1. The largest absolute Gasteiger partial charge is 0.384 e. The van der Waals surface area contributed by atoms with E-state index in [1.165, 1.54) is 5.56 Å². The summed E-state index contributed by atoms with van der Waals surface area (Å²) in [6.07, 6.45) is 2.68. The Bertz CT molecular complexity index is 474. The van der Waals surface area contributed by atoms with Crippen molar-refractivity contribution in [2.24, 2.45) is 5.92 Å². The first kappa shape index (κ1) is 14.9. The quantitative estimate of drug-likeness (QED) is 0.869. The van der Waals surface area contributed by atoms with E-state index in [2.05, 4.69) is 23.6 Å². The van der Waals surface area contributed by atoms with Gasteiger partial charge in [-0.2, -0.15) is 0 Å². The van der Waals surface area contributed by atoms with E-state index in [9.17, 15) is 4.79 Å². The Morgan fingerprint density at radius 3 is 3.10 bits per heavy atom. The molecule has 0 spiro atoms. The molecule has 0 bridgehead atoms. The molecule has 0 fully saturated rings. The van der Waals surface area contributed by atoms with Crippen LogP contribution in [0.3, 0.4) is 0 Å². The van der Waals surface area contributed by atoms with Gasteiger partial charge < -0.3 is 15.4 Å². The number of rotatable bonds is 5. The van der Waals surface area contributed by atoms with Crippen LogP contribution in [-0.2, 0) is 16.0 Å². The number of hydrogen-bond donors (Lipinski definition) is 2. The molecule has 1 aliphatic heterocycles. The highest BCUT2D eigenvalue weighted by molar-refractivity contribution is 5.95. The number of nitrogens with one attached hydrogen (secondary N) is 2. The molecule has 1 aromatic carbocycles. The summed E-state index contributed by atoms with van der Waals surface area (Å²) in [6.45, 7) is 4.79. The zero-order valence-corrected chi connectivity index (χ0v) is 12.5. The minimum atomic E-state index is 0.0444. The van der Waals surface area contributed by atoms with E-state index in [4.69, 9.17) is 4.74 Å². The molecule has 0 saturated heterocycles. The molecule has 20 heavy (non-hydrogen) atoms. The highest BCUT2D eigenvalue weighted by Crippen LogP contribution is 2.32. The van der Waals surface area contributed by atoms with Crippen molar-refractivity contribution < 1.29 is 9.53 Å². The monoisotopic (exact) mass is 276 g/mol. The van der Waals surface area contributed by atoms with Gasteiger partial charge >= 0.3 is 0 Å². The second kappa shape index (κ2) is 6.75. The number of anilines is 2. The van der Waals surface area contributed by atoms with Gasteiger partial charge in [0.25, 0.3) is 0 Å². The Kier molecular flexibility index (Phi) is 5.01. The summed E-state index contributed by atoms with van der Waals surface area (Å²) in [4.78, 5) is 12.1. The molecule has 0 aliphatic carbocycles. The summed E-state index contributed by atoms with van der Waals surface area (Å²) in [7, 11) is 1.66. The second-order valence-electron chi connectivity index (χ2n) is 5.74. The van der Waals surface area contributed by atoms with Crippen LogP contribution in [0.4, 0.5) is 11.4 Å². The number of carbonyl (C=O) groups is 1. The molecule has 4 heteroatoms. The van der Waals surface area contributed by atoms with Crippen molar-refractivity contribution in [2.45, 2.75) is 39.2 Å². The van der Waals surface area contributed by atoms with Gasteiger partial charge in [-0.05, 0) is 37.3 Å². The number of fused-ring (bicyclic) bond motifs is 1. The maximum absolute atomic E-state index is 12.1. The Balaban J connectivity index is 2.04. The van der Waals surface area contributed by atoms with Crippen LogP contribution >= 0.6 is 0 Å². The predicted octanol–water partition coefficient (Wildman–Crippen LogP) is 3.04. The van der Waals surface area contributed by atoms with E-state index in [0.29, 0.717) is 19.1 Å². The third-order valence-electron chi connectivity index (χ3n) is 3.65. The van der Waals surface area contributed by atoms with Gasteiger partial charge in [0.15, 0.2) is 0 Å². The molecule has 2 N–H and O–H groups in total. The van der Waals surface area contributed by atoms with Crippen molar-refractivity contribution in [1.29, 1.82) is 0 Å². The van der Waals surface area contributed by atoms with E-state index in [1.54, 1.807) is 7.11 Å². The topological polar surface area (TPSA) is 50.4 Å². The number of carbonyl (C=O) groups excluding carboxylic acids is 1. The normalized spacial score (nSPS) is 18.9. The number of hydrogen-bond acceptors (Lipinski definition) is 3. The molecule has 1 aromatic rings. The summed E-state index contributed by atoms with van der Waals surface area (Å²) in [5.41, 5.74) is 3.26. The molecule has 0 radical (unpaired) electrons. The second-order valence-corrected chi connectivity index (χ2v) is 5.74. The lowest BCUT2D eigenvalue weighted by Gasteiger charge is -2.26. The van der Waals surface area contributed by atoms with Gasteiger partial charge in [-0.3, -0.25) is 4.79 Å². The lowest BCUT2D eigenvalue weighted by atomic mass is 9.98. The average molecular weight is 276 g/mol. The van der Waals surface area contributed by atoms with Crippen LogP contribution in [0.25, 0.3) is 0 Å². The van der Waals surface area contributed by atoms with Gasteiger partial charge in [0.2, 0.25) is 5.91 Å². The lowest BCUT2D eigenvalue weighted by molar-refractivity contribution is -0.117. The Morgan fingerprint density at radius 2 is 2.35 bits per heavy atom. The minimum absolute atomic E-state index is 0.0444. The molecule has 0 saturated carbocycles. The fourth-order valence-corrected chi connectivity index (χ4v) is 2.63. The summed E-state index contributed by atoms with van der Waals surface area (Å²) in [5.74, 6) is 0.273. The Hall–Kier alpha value is -1.55. The molecule has 1 amide bonds. The Labute approximate surface area is 120 Å². The molecule has 2 atom stereocenters. The van der Waals surface area contributed by atoms with E-state index in [1.807, 2.05) is 19.1 Å². The minimum Gasteiger partial charge on any atom is -0.384 e. The number of benzene rings is 1. The van der Waals surface area contributed by atoms with Crippen LogP contribution in [-0.4, -0.2) is 25.7 Å². The van der Waals surface area contributed by atoms with Gasteiger partial charge in [0.05, 0.1) is 11.4 Å². The number of ether oxygens (including phenoxy) is 1. The lowest BCUT2D eigenvalue weighted by Crippen LogP contribution is -2.24. The Morgan fingerprint density at radius 1 is 1.55 bits per heavy atom.